The number of hydrogen-bond donors (Lipinski definition) is 1. The lowest BCUT2D eigenvalue weighted by atomic mass is 9.86. The maximum absolute atomic E-state index is 5.75. The van der Waals surface area contributed by atoms with Crippen molar-refractivity contribution in [1.29, 1.82) is 0 Å². The van der Waals surface area contributed by atoms with Gasteiger partial charge in [0.25, 0.3) is 0 Å². The zero-order valence-corrected chi connectivity index (χ0v) is 14.8. The van der Waals surface area contributed by atoms with Crippen LogP contribution >= 0.6 is 0 Å². The predicted molar refractivity (Wildman–Crippen MR) is 97.8 cm³/mol. The largest absolute Gasteiger partial charge is 0.330 e. The molecule has 1 fully saturated rings. The summed E-state index contributed by atoms with van der Waals surface area (Å²) in [5, 5.41) is 0. The molecule has 126 valence electrons. The van der Waals surface area contributed by atoms with Crippen LogP contribution in [-0.4, -0.2) is 16.1 Å². The molecule has 23 heavy (non-hydrogen) atoms. The first kappa shape index (κ1) is 16.5. The van der Waals surface area contributed by atoms with Crippen molar-refractivity contribution in [1.82, 2.24) is 9.55 Å². The molecule has 3 nitrogen and oxygen atoms in total. The average Bonchev–Trinajstić information content (AvgIpc) is 2.89. The van der Waals surface area contributed by atoms with Crippen LogP contribution in [0.2, 0.25) is 0 Å². The Morgan fingerprint density at radius 1 is 1.13 bits per heavy atom. The molecule has 0 atom stereocenters. The Balaban J connectivity index is 1.84. The summed E-state index contributed by atoms with van der Waals surface area (Å²) in [6, 6.07) is 4.55. The van der Waals surface area contributed by atoms with E-state index >= 15 is 0 Å². The number of aryl methyl sites for hydroxylation is 4. The van der Waals surface area contributed by atoms with E-state index in [-0.39, 0.29) is 0 Å². The summed E-state index contributed by atoms with van der Waals surface area (Å²) < 4.78 is 2.43. The Bertz CT molecular complexity index is 650. The van der Waals surface area contributed by atoms with Gasteiger partial charge in [0.15, 0.2) is 0 Å². The topological polar surface area (TPSA) is 43.8 Å². The van der Waals surface area contributed by atoms with Crippen LogP contribution in [0.5, 0.6) is 0 Å². The van der Waals surface area contributed by atoms with E-state index in [1.165, 1.54) is 61.0 Å². The van der Waals surface area contributed by atoms with Gasteiger partial charge in [0, 0.05) is 13.0 Å². The van der Waals surface area contributed by atoms with Gasteiger partial charge < -0.3 is 10.3 Å². The molecule has 0 saturated heterocycles. The summed E-state index contributed by atoms with van der Waals surface area (Å²) in [4.78, 5) is 4.97. The molecule has 0 spiro atoms. The molecule has 1 saturated carbocycles. The van der Waals surface area contributed by atoms with Gasteiger partial charge in [-0.1, -0.05) is 32.1 Å². The fourth-order valence-electron chi connectivity index (χ4n) is 3.93. The molecule has 2 aromatic rings. The van der Waals surface area contributed by atoms with Crippen molar-refractivity contribution in [2.45, 2.75) is 71.8 Å². The standard InChI is InChI=1S/C20H31N3/c1-15-13-18-19(14-16(15)2)23(12-6-11-21)20(22-18)10-9-17-7-4-3-5-8-17/h13-14,17H,3-12,21H2,1-2H3. The van der Waals surface area contributed by atoms with Gasteiger partial charge in [-0.3, -0.25) is 0 Å². The van der Waals surface area contributed by atoms with Crippen LogP contribution < -0.4 is 5.73 Å². The van der Waals surface area contributed by atoms with Gasteiger partial charge in [-0.15, -0.1) is 0 Å². The molecule has 1 aromatic carbocycles. The Hall–Kier alpha value is -1.35. The van der Waals surface area contributed by atoms with E-state index in [1.807, 2.05) is 0 Å². The Labute approximate surface area is 140 Å². The molecular formula is C20H31N3. The lowest BCUT2D eigenvalue weighted by molar-refractivity contribution is 0.336. The van der Waals surface area contributed by atoms with Crippen molar-refractivity contribution in [2.75, 3.05) is 6.54 Å². The van der Waals surface area contributed by atoms with Gasteiger partial charge in [0.1, 0.15) is 5.82 Å². The predicted octanol–water partition coefficient (Wildman–Crippen LogP) is 4.51. The summed E-state index contributed by atoms with van der Waals surface area (Å²) in [5.74, 6) is 2.18. The molecule has 0 aliphatic heterocycles. The second kappa shape index (κ2) is 7.48. The highest BCUT2D eigenvalue weighted by Gasteiger charge is 2.16. The van der Waals surface area contributed by atoms with Crippen molar-refractivity contribution < 1.29 is 0 Å². The van der Waals surface area contributed by atoms with Crippen LogP contribution in [0.1, 0.15) is 61.9 Å². The van der Waals surface area contributed by atoms with Gasteiger partial charge in [0.2, 0.25) is 0 Å². The first-order valence-corrected chi connectivity index (χ1v) is 9.35. The highest BCUT2D eigenvalue weighted by molar-refractivity contribution is 5.78. The number of nitrogens with zero attached hydrogens (tertiary/aromatic N) is 2. The summed E-state index contributed by atoms with van der Waals surface area (Å²) in [5.41, 5.74) is 10.9. The van der Waals surface area contributed by atoms with Crippen molar-refractivity contribution in [3.63, 3.8) is 0 Å². The van der Waals surface area contributed by atoms with Crippen LogP contribution in [0.25, 0.3) is 11.0 Å². The molecular weight excluding hydrogens is 282 g/mol. The number of nitrogens with two attached hydrogens (primary N) is 1. The second-order valence-electron chi connectivity index (χ2n) is 7.29. The number of imidazole rings is 1. The molecule has 1 aliphatic rings. The van der Waals surface area contributed by atoms with Crippen molar-refractivity contribution in [2.24, 2.45) is 11.7 Å². The van der Waals surface area contributed by atoms with Gasteiger partial charge in [-0.2, -0.15) is 0 Å². The zero-order valence-electron chi connectivity index (χ0n) is 14.8. The maximum Gasteiger partial charge on any atom is 0.109 e. The van der Waals surface area contributed by atoms with E-state index in [4.69, 9.17) is 10.7 Å². The van der Waals surface area contributed by atoms with E-state index in [2.05, 4.69) is 30.5 Å². The lowest BCUT2D eigenvalue weighted by Gasteiger charge is -2.21. The summed E-state index contributed by atoms with van der Waals surface area (Å²) >= 11 is 0. The van der Waals surface area contributed by atoms with Gasteiger partial charge in [0.05, 0.1) is 11.0 Å². The SMILES string of the molecule is Cc1cc2nc(CCC3CCCCC3)n(CCCN)c2cc1C. The van der Waals surface area contributed by atoms with Crippen LogP contribution in [0.4, 0.5) is 0 Å². The first-order chi connectivity index (χ1) is 11.2. The van der Waals surface area contributed by atoms with Crippen LogP contribution in [0.3, 0.4) is 0 Å². The second-order valence-corrected chi connectivity index (χ2v) is 7.29. The smallest absolute Gasteiger partial charge is 0.109 e. The molecule has 2 N–H and O–H groups in total. The number of rotatable bonds is 6. The van der Waals surface area contributed by atoms with Crippen LogP contribution in [0, 0.1) is 19.8 Å². The number of aromatic nitrogens is 2. The fourth-order valence-corrected chi connectivity index (χ4v) is 3.93. The number of fused-ring (bicyclic) bond motifs is 1. The van der Waals surface area contributed by atoms with E-state index < -0.39 is 0 Å². The maximum atomic E-state index is 5.75. The van der Waals surface area contributed by atoms with Crippen molar-refractivity contribution in [3.8, 4) is 0 Å². The van der Waals surface area contributed by atoms with Gasteiger partial charge >= 0.3 is 0 Å². The summed E-state index contributed by atoms with van der Waals surface area (Å²) in [6.45, 7) is 6.11. The van der Waals surface area contributed by atoms with Crippen molar-refractivity contribution >= 4 is 11.0 Å². The van der Waals surface area contributed by atoms with Crippen LogP contribution in [0.15, 0.2) is 12.1 Å². The van der Waals surface area contributed by atoms with Crippen LogP contribution in [-0.2, 0) is 13.0 Å². The van der Waals surface area contributed by atoms with E-state index in [0.717, 1.165) is 37.4 Å². The minimum Gasteiger partial charge on any atom is -0.330 e. The summed E-state index contributed by atoms with van der Waals surface area (Å²) in [7, 11) is 0. The lowest BCUT2D eigenvalue weighted by Crippen LogP contribution is -2.12. The first-order valence-electron chi connectivity index (χ1n) is 9.35. The minimum absolute atomic E-state index is 0.743. The van der Waals surface area contributed by atoms with Gasteiger partial charge in [-0.25, -0.2) is 4.98 Å². The average molecular weight is 313 g/mol. The molecule has 3 heteroatoms. The highest BCUT2D eigenvalue weighted by atomic mass is 15.1. The third kappa shape index (κ3) is 3.77. The Morgan fingerprint density at radius 2 is 1.87 bits per heavy atom. The molecule has 3 rings (SSSR count). The normalized spacial score (nSPS) is 16.3. The molecule has 1 heterocycles. The minimum atomic E-state index is 0.743. The fraction of sp³-hybridized carbons (Fsp3) is 0.650. The third-order valence-electron chi connectivity index (χ3n) is 5.53. The summed E-state index contributed by atoms with van der Waals surface area (Å²) in [6.07, 6.45) is 10.5. The van der Waals surface area contributed by atoms with Gasteiger partial charge in [-0.05, 0) is 62.4 Å². The quantitative estimate of drug-likeness (QED) is 0.852. The van der Waals surface area contributed by atoms with Crippen molar-refractivity contribution in [3.05, 3.63) is 29.1 Å². The third-order valence-corrected chi connectivity index (χ3v) is 5.53. The molecule has 1 aromatic heterocycles. The molecule has 0 unspecified atom stereocenters. The molecule has 0 radical (unpaired) electrons. The Morgan fingerprint density at radius 3 is 2.61 bits per heavy atom. The monoisotopic (exact) mass is 313 g/mol. The molecule has 0 amide bonds. The zero-order chi connectivity index (χ0) is 16.2. The number of benzene rings is 1. The highest BCUT2D eigenvalue weighted by Crippen LogP contribution is 2.28. The molecule has 1 aliphatic carbocycles. The molecule has 0 bridgehead atoms. The van der Waals surface area contributed by atoms with E-state index in [0.29, 0.717) is 0 Å². The van der Waals surface area contributed by atoms with E-state index in [1.54, 1.807) is 0 Å². The van der Waals surface area contributed by atoms with E-state index in [9.17, 15) is 0 Å². The number of hydrogen-bond acceptors (Lipinski definition) is 2. The Kier molecular flexibility index (Phi) is 5.37.